The van der Waals surface area contributed by atoms with Crippen molar-refractivity contribution in [1.29, 1.82) is 0 Å². The number of benzene rings is 2. The molecule has 3 aromatic rings. The molecule has 0 N–H and O–H groups in total. The Hall–Kier alpha value is -1.79. The normalized spacial score (nSPS) is 17.4. The number of anilines is 1. The minimum Gasteiger partial charge on any atom is -0.494 e. The standard InChI is InChI=1S/C25H31N3OS.ClH/c1-26-11-8-20-6-7-22(18-21(20)19-26)29-16-3-10-27-12-14-28(15-13-27)24-4-2-5-25-23(24)9-17-30-25;/h2,4-7,9,17-18H,3,8,10-16,19H2,1H3;1H. The lowest BCUT2D eigenvalue weighted by molar-refractivity contribution is 0.224. The largest absolute Gasteiger partial charge is 0.494 e. The van der Waals surface area contributed by atoms with Crippen LogP contribution in [0.3, 0.4) is 0 Å². The van der Waals surface area contributed by atoms with E-state index in [9.17, 15) is 0 Å². The molecule has 0 spiro atoms. The molecular formula is C25H32ClN3OS. The Balaban J connectivity index is 0.00000231. The molecule has 5 rings (SSSR count). The number of rotatable bonds is 6. The molecule has 4 nitrogen and oxygen atoms in total. The lowest BCUT2D eigenvalue weighted by Gasteiger charge is -2.36. The van der Waals surface area contributed by atoms with Crippen LogP contribution >= 0.6 is 23.7 Å². The van der Waals surface area contributed by atoms with Gasteiger partial charge in [0, 0.05) is 61.6 Å². The number of nitrogens with zero attached hydrogens (tertiary/aromatic N) is 3. The second kappa shape index (κ2) is 10.2. The fourth-order valence-corrected chi connectivity index (χ4v) is 5.52. The van der Waals surface area contributed by atoms with E-state index in [1.807, 2.05) is 11.3 Å². The highest BCUT2D eigenvalue weighted by molar-refractivity contribution is 7.17. The van der Waals surface area contributed by atoms with Crippen molar-refractivity contribution in [3.63, 3.8) is 0 Å². The Morgan fingerprint density at radius 2 is 1.84 bits per heavy atom. The second-order valence-electron chi connectivity index (χ2n) is 8.56. The van der Waals surface area contributed by atoms with Gasteiger partial charge in [0.25, 0.3) is 0 Å². The zero-order chi connectivity index (χ0) is 20.3. The Bertz CT molecular complexity index is 999. The summed E-state index contributed by atoms with van der Waals surface area (Å²) in [5.41, 5.74) is 4.31. The van der Waals surface area contributed by atoms with Gasteiger partial charge in [-0.3, -0.25) is 4.90 Å². The van der Waals surface area contributed by atoms with Crippen LogP contribution in [-0.4, -0.2) is 62.7 Å². The van der Waals surface area contributed by atoms with Crippen LogP contribution < -0.4 is 9.64 Å². The third kappa shape index (κ3) is 5.17. The molecule has 2 aliphatic heterocycles. The summed E-state index contributed by atoms with van der Waals surface area (Å²) < 4.78 is 7.46. The van der Waals surface area contributed by atoms with Gasteiger partial charge in [0.15, 0.2) is 0 Å². The van der Waals surface area contributed by atoms with Crippen molar-refractivity contribution >= 4 is 39.5 Å². The monoisotopic (exact) mass is 457 g/mol. The van der Waals surface area contributed by atoms with Gasteiger partial charge in [0.1, 0.15) is 5.75 Å². The maximum absolute atomic E-state index is 6.07. The van der Waals surface area contributed by atoms with Crippen LogP contribution in [0, 0.1) is 0 Å². The van der Waals surface area contributed by atoms with Gasteiger partial charge >= 0.3 is 0 Å². The highest BCUT2D eigenvalue weighted by Crippen LogP contribution is 2.31. The first-order chi connectivity index (χ1) is 14.8. The zero-order valence-electron chi connectivity index (χ0n) is 18.3. The van der Waals surface area contributed by atoms with Crippen LogP contribution in [0.25, 0.3) is 10.1 Å². The number of fused-ring (bicyclic) bond motifs is 2. The van der Waals surface area contributed by atoms with Gasteiger partial charge in [-0.05, 0) is 66.7 Å². The van der Waals surface area contributed by atoms with Crippen LogP contribution in [0.15, 0.2) is 47.8 Å². The summed E-state index contributed by atoms with van der Waals surface area (Å²) in [5, 5.41) is 3.60. The molecule has 0 aliphatic carbocycles. The quantitative estimate of drug-likeness (QED) is 0.490. The SMILES string of the molecule is CN1CCc2ccc(OCCCN3CCN(c4cccc5sccc45)CC3)cc2C1.Cl. The van der Waals surface area contributed by atoms with Gasteiger partial charge in [-0.2, -0.15) is 0 Å². The average molecular weight is 458 g/mol. The van der Waals surface area contributed by atoms with Crippen molar-refractivity contribution in [2.75, 3.05) is 57.8 Å². The molecule has 2 aromatic carbocycles. The summed E-state index contributed by atoms with van der Waals surface area (Å²) >= 11 is 1.83. The summed E-state index contributed by atoms with van der Waals surface area (Å²) in [7, 11) is 2.19. The van der Waals surface area contributed by atoms with Gasteiger partial charge in [0.05, 0.1) is 6.61 Å². The molecule has 0 atom stereocenters. The van der Waals surface area contributed by atoms with Crippen molar-refractivity contribution in [1.82, 2.24) is 9.80 Å². The van der Waals surface area contributed by atoms with Gasteiger partial charge in [0.2, 0.25) is 0 Å². The number of ether oxygens (including phenoxy) is 1. The third-order valence-corrected chi connectivity index (χ3v) is 7.34. The van der Waals surface area contributed by atoms with Crippen LogP contribution in [0.1, 0.15) is 17.5 Å². The number of likely N-dealkylation sites (N-methyl/N-ethyl adjacent to an activating group) is 1. The van der Waals surface area contributed by atoms with E-state index in [1.54, 1.807) is 0 Å². The molecule has 31 heavy (non-hydrogen) atoms. The zero-order valence-corrected chi connectivity index (χ0v) is 19.9. The number of halogens is 1. The molecule has 6 heteroatoms. The summed E-state index contributed by atoms with van der Waals surface area (Å²) in [6.07, 6.45) is 2.23. The predicted molar refractivity (Wildman–Crippen MR) is 134 cm³/mol. The molecular weight excluding hydrogens is 426 g/mol. The molecule has 1 aromatic heterocycles. The molecule has 0 saturated carbocycles. The molecule has 2 aliphatic rings. The second-order valence-corrected chi connectivity index (χ2v) is 9.51. The average Bonchev–Trinajstić information content (AvgIpc) is 3.26. The molecule has 0 radical (unpaired) electrons. The Labute approximate surface area is 195 Å². The number of hydrogen-bond donors (Lipinski definition) is 0. The first-order valence-corrected chi connectivity index (χ1v) is 12.0. The molecule has 0 unspecified atom stereocenters. The smallest absolute Gasteiger partial charge is 0.119 e. The molecule has 0 bridgehead atoms. The first-order valence-electron chi connectivity index (χ1n) is 11.1. The van der Waals surface area contributed by atoms with Crippen LogP contribution in [-0.2, 0) is 13.0 Å². The van der Waals surface area contributed by atoms with Gasteiger partial charge in [-0.1, -0.05) is 12.1 Å². The Kier molecular flexibility index (Phi) is 7.39. The highest BCUT2D eigenvalue weighted by atomic mass is 35.5. The first kappa shape index (κ1) is 22.4. The van der Waals surface area contributed by atoms with Gasteiger partial charge in [-0.25, -0.2) is 0 Å². The van der Waals surface area contributed by atoms with Gasteiger partial charge < -0.3 is 14.5 Å². The van der Waals surface area contributed by atoms with E-state index in [1.165, 1.54) is 26.9 Å². The topological polar surface area (TPSA) is 19.0 Å². The molecule has 3 heterocycles. The fourth-order valence-electron chi connectivity index (χ4n) is 4.71. The molecule has 1 saturated heterocycles. The summed E-state index contributed by atoms with van der Waals surface area (Å²) in [5.74, 6) is 1.03. The van der Waals surface area contributed by atoms with E-state index < -0.39 is 0 Å². The van der Waals surface area contributed by atoms with Crippen molar-refractivity contribution in [2.24, 2.45) is 0 Å². The Morgan fingerprint density at radius 1 is 0.968 bits per heavy atom. The van der Waals surface area contributed by atoms with E-state index in [-0.39, 0.29) is 12.4 Å². The van der Waals surface area contributed by atoms with Crippen molar-refractivity contribution in [3.8, 4) is 5.75 Å². The van der Waals surface area contributed by atoms with E-state index in [0.29, 0.717) is 0 Å². The molecule has 166 valence electrons. The highest BCUT2D eigenvalue weighted by Gasteiger charge is 2.19. The van der Waals surface area contributed by atoms with E-state index in [0.717, 1.165) is 71.0 Å². The van der Waals surface area contributed by atoms with Crippen LogP contribution in [0.4, 0.5) is 5.69 Å². The summed E-state index contributed by atoms with van der Waals surface area (Å²) in [4.78, 5) is 7.51. The Morgan fingerprint density at radius 3 is 2.71 bits per heavy atom. The maximum Gasteiger partial charge on any atom is 0.119 e. The van der Waals surface area contributed by atoms with Crippen molar-refractivity contribution < 1.29 is 4.74 Å². The number of piperazine rings is 1. The summed E-state index contributed by atoms with van der Waals surface area (Å²) in [6, 6.07) is 15.6. The van der Waals surface area contributed by atoms with Crippen molar-refractivity contribution in [3.05, 3.63) is 59.0 Å². The summed E-state index contributed by atoms with van der Waals surface area (Å²) in [6.45, 7) is 8.58. The molecule has 0 amide bonds. The van der Waals surface area contributed by atoms with E-state index in [2.05, 4.69) is 69.6 Å². The van der Waals surface area contributed by atoms with Gasteiger partial charge in [-0.15, -0.1) is 23.7 Å². The minimum absolute atomic E-state index is 0. The van der Waals surface area contributed by atoms with Crippen LogP contribution in [0.5, 0.6) is 5.75 Å². The predicted octanol–water partition coefficient (Wildman–Crippen LogP) is 4.90. The minimum atomic E-state index is 0. The lowest BCUT2D eigenvalue weighted by atomic mass is 10.00. The maximum atomic E-state index is 6.07. The van der Waals surface area contributed by atoms with Crippen molar-refractivity contribution in [2.45, 2.75) is 19.4 Å². The fraction of sp³-hybridized carbons (Fsp3) is 0.440. The lowest BCUT2D eigenvalue weighted by Crippen LogP contribution is -2.46. The van der Waals surface area contributed by atoms with E-state index in [4.69, 9.17) is 4.74 Å². The van der Waals surface area contributed by atoms with Crippen LogP contribution in [0.2, 0.25) is 0 Å². The van der Waals surface area contributed by atoms with E-state index >= 15 is 0 Å². The molecule has 1 fully saturated rings. The third-order valence-electron chi connectivity index (χ3n) is 6.45. The number of thiophene rings is 1. The number of hydrogen-bond acceptors (Lipinski definition) is 5.